The zero-order valence-electron chi connectivity index (χ0n) is 10.1. The molecule has 0 heterocycles. The maximum Gasteiger partial charge on any atom is 0.165 e. The highest BCUT2D eigenvalue weighted by Crippen LogP contribution is 2.37. The van der Waals surface area contributed by atoms with Crippen LogP contribution in [0.5, 0.6) is 11.5 Å². The quantitative estimate of drug-likeness (QED) is 0.858. The third kappa shape index (κ3) is 2.44. The summed E-state index contributed by atoms with van der Waals surface area (Å²) >= 11 is 0. The first-order chi connectivity index (χ1) is 7.43. The van der Waals surface area contributed by atoms with E-state index < -0.39 is 5.67 Å². The highest BCUT2D eigenvalue weighted by molar-refractivity contribution is 5.50. The third-order valence-corrected chi connectivity index (χ3v) is 2.46. The van der Waals surface area contributed by atoms with Crippen molar-refractivity contribution in [2.45, 2.75) is 26.1 Å². The van der Waals surface area contributed by atoms with Crippen LogP contribution < -0.4 is 15.2 Å². The van der Waals surface area contributed by atoms with Gasteiger partial charge in [-0.3, -0.25) is 0 Å². The topological polar surface area (TPSA) is 44.5 Å². The first-order valence-corrected chi connectivity index (χ1v) is 5.08. The molecule has 3 nitrogen and oxygen atoms in total. The van der Waals surface area contributed by atoms with Crippen LogP contribution in [-0.4, -0.2) is 14.2 Å². The van der Waals surface area contributed by atoms with E-state index in [2.05, 4.69) is 0 Å². The second kappa shape index (κ2) is 4.70. The number of halogens is 1. The molecule has 0 atom stereocenters. The van der Waals surface area contributed by atoms with Crippen molar-refractivity contribution in [3.8, 4) is 11.5 Å². The fourth-order valence-electron chi connectivity index (χ4n) is 1.54. The predicted molar refractivity (Wildman–Crippen MR) is 61.6 cm³/mol. The van der Waals surface area contributed by atoms with Gasteiger partial charge in [-0.05, 0) is 31.5 Å². The van der Waals surface area contributed by atoms with E-state index in [4.69, 9.17) is 15.2 Å². The van der Waals surface area contributed by atoms with Gasteiger partial charge >= 0.3 is 0 Å². The van der Waals surface area contributed by atoms with Gasteiger partial charge in [0, 0.05) is 12.1 Å². The van der Waals surface area contributed by atoms with Crippen molar-refractivity contribution in [1.29, 1.82) is 0 Å². The van der Waals surface area contributed by atoms with Gasteiger partial charge in [0.05, 0.1) is 14.2 Å². The fourth-order valence-corrected chi connectivity index (χ4v) is 1.54. The maximum absolute atomic E-state index is 13.9. The molecule has 0 aliphatic rings. The number of alkyl halides is 1. The van der Waals surface area contributed by atoms with Crippen molar-refractivity contribution in [1.82, 2.24) is 0 Å². The third-order valence-electron chi connectivity index (χ3n) is 2.46. The minimum atomic E-state index is -1.43. The molecule has 1 aromatic rings. The highest BCUT2D eigenvalue weighted by Gasteiger charge is 2.22. The molecule has 16 heavy (non-hydrogen) atoms. The van der Waals surface area contributed by atoms with Crippen molar-refractivity contribution >= 4 is 0 Å². The monoisotopic (exact) mass is 227 g/mol. The Kier molecular flexibility index (Phi) is 3.75. The van der Waals surface area contributed by atoms with Crippen LogP contribution in [0.2, 0.25) is 0 Å². The molecule has 0 bridgehead atoms. The van der Waals surface area contributed by atoms with Crippen LogP contribution in [0.4, 0.5) is 4.39 Å². The highest BCUT2D eigenvalue weighted by atomic mass is 19.1. The molecule has 0 aromatic heterocycles. The second-order valence-corrected chi connectivity index (χ2v) is 4.05. The number of benzene rings is 1. The fraction of sp³-hybridized carbons (Fsp3) is 0.500. The van der Waals surface area contributed by atoms with E-state index in [1.165, 1.54) is 28.1 Å². The summed E-state index contributed by atoms with van der Waals surface area (Å²) in [6.07, 6.45) is 0. The van der Waals surface area contributed by atoms with Gasteiger partial charge in [-0.15, -0.1) is 0 Å². The van der Waals surface area contributed by atoms with Crippen LogP contribution in [0, 0.1) is 0 Å². The van der Waals surface area contributed by atoms with Crippen molar-refractivity contribution < 1.29 is 13.9 Å². The molecular formula is C12H18FNO2. The van der Waals surface area contributed by atoms with Crippen molar-refractivity contribution in [3.63, 3.8) is 0 Å². The Morgan fingerprint density at radius 2 is 1.88 bits per heavy atom. The van der Waals surface area contributed by atoms with E-state index >= 15 is 0 Å². The molecule has 0 saturated heterocycles. The normalized spacial score (nSPS) is 11.4. The molecule has 1 aromatic carbocycles. The number of rotatable bonds is 4. The van der Waals surface area contributed by atoms with Crippen LogP contribution >= 0.6 is 0 Å². The summed E-state index contributed by atoms with van der Waals surface area (Å²) in [6.45, 7) is 3.27. The Morgan fingerprint density at radius 3 is 2.25 bits per heavy atom. The number of ether oxygens (including phenoxy) is 2. The number of methoxy groups -OCH3 is 2. The van der Waals surface area contributed by atoms with Crippen LogP contribution in [0.15, 0.2) is 12.1 Å². The molecule has 0 radical (unpaired) electrons. The number of hydrogen-bond acceptors (Lipinski definition) is 3. The molecule has 4 heteroatoms. The molecule has 90 valence electrons. The molecule has 1 rings (SSSR count). The zero-order valence-corrected chi connectivity index (χ0v) is 10.1. The van der Waals surface area contributed by atoms with E-state index in [0.717, 1.165) is 5.56 Å². The molecule has 0 fully saturated rings. The summed E-state index contributed by atoms with van der Waals surface area (Å²) in [6, 6.07) is 3.35. The van der Waals surface area contributed by atoms with Gasteiger partial charge in [0.25, 0.3) is 0 Å². The van der Waals surface area contributed by atoms with Gasteiger partial charge in [-0.1, -0.05) is 0 Å². The molecule has 0 amide bonds. The van der Waals surface area contributed by atoms with Gasteiger partial charge in [0.1, 0.15) is 5.67 Å². The van der Waals surface area contributed by atoms with Gasteiger partial charge in [-0.2, -0.15) is 0 Å². The largest absolute Gasteiger partial charge is 0.493 e. The first-order valence-electron chi connectivity index (χ1n) is 5.08. The lowest BCUT2D eigenvalue weighted by Gasteiger charge is -2.19. The number of nitrogens with two attached hydrogens (primary N) is 1. The minimum absolute atomic E-state index is 0.281. The smallest absolute Gasteiger partial charge is 0.165 e. The Balaban J connectivity index is 3.37. The van der Waals surface area contributed by atoms with Gasteiger partial charge in [0.2, 0.25) is 0 Å². The first kappa shape index (κ1) is 12.8. The van der Waals surface area contributed by atoms with Gasteiger partial charge < -0.3 is 15.2 Å². The van der Waals surface area contributed by atoms with Crippen molar-refractivity contribution in [2.24, 2.45) is 5.73 Å². The standard InChI is InChI=1S/C12H18FNO2/c1-12(2,13)9-5-8(7-14)11(16-4)10(6-9)15-3/h5-6H,7,14H2,1-4H3. The average Bonchev–Trinajstić information content (AvgIpc) is 2.25. The summed E-state index contributed by atoms with van der Waals surface area (Å²) < 4.78 is 24.2. The zero-order chi connectivity index (χ0) is 12.3. The molecule has 0 saturated carbocycles. The van der Waals surface area contributed by atoms with E-state index in [9.17, 15) is 4.39 Å². The van der Waals surface area contributed by atoms with Crippen LogP contribution in [-0.2, 0) is 12.2 Å². The lowest BCUT2D eigenvalue weighted by molar-refractivity contribution is 0.220. The summed E-state index contributed by atoms with van der Waals surface area (Å²) in [5.74, 6) is 1.07. The van der Waals surface area contributed by atoms with Gasteiger partial charge in [-0.25, -0.2) is 4.39 Å². The SMILES string of the molecule is COc1cc(C(C)(C)F)cc(CN)c1OC. The second-order valence-electron chi connectivity index (χ2n) is 4.05. The van der Waals surface area contributed by atoms with E-state index in [1.54, 1.807) is 12.1 Å². The Bertz CT molecular complexity index is 347. The summed E-state index contributed by atoms with van der Waals surface area (Å²) in [4.78, 5) is 0. The Hall–Kier alpha value is -1.29. The van der Waals surface area contributed by atoms with E-state index in [1.807, 2.05) is 0 Å². The van der Waals surface area contributed by atoms with Crippen molar-refractivity contribution in [2.75, 3.05) is 14.2 Å². The molecular weight excluding hydrogens is 209 g/mol. The Morgan fingerprint density at radius 1 is 1.25 bits per heavy atom. The van der Waals surface area contributed by atoms with Crippen LogP contribution in [0.1, 0.15) is 25.0 Å². The number of hydrogen-bond donors (Lipinski definition) is 1. The molecule has 0 aliphatic heterocycles. The molecule has 0 unspecified atom stereocenters. The van der Waals surface area contributed by atoms with Crippen LogP contribution in [0.25, 0.3) is 0 Å². The lowest BCUT2D eigenvalue weighted by Crippen LogP contribution is -2.12. The molecule has 0 aliphatic carbocycles. The van der Waals surface area contributed by atoms with Crippen molar-refractivity contribution in [3.05, 3.63) is 23.3 Å². The van der Waals surface area contributed by atoms with Gasteiger partial charge in [0.15, 0.2) is 11.5 Å². The summed E-state index contributed by atoms with van der Waals surface area (Å²) in [7, 11) is 3.06. The summed E-state index contributed by atoms with van der Waals surface area (Å²) in [5.41, 5.74) is 5.45. The van der Waals surface area contributed by atoms with Crippen LogP contribution in [0.3, 0.4) is 0 Å². The maximum atomic E-state index is 13.9. The van der Waals surface area contributed by atoms with E-state index in [-0.39, 0.29) is 6.54 Å². The minimum Gasteiger partial charge on any atom is -0.493 e. The average molecular weight is 227 g/mol. The lowest BCUT2D eigenvalue weighted by atomic mass is 9.97. The van der Waals surface area contributed by atoms with E-state index in [0.29, 0.717) is 17.1 Å². The molecule has 2 N–H and O–H groups in total. The predicted octanol–water partition coefficient (Wildman–Crippen LogP) is 2.37. The molecule has 0 spiro atoms. The summed E-state index contributed by atoms with van der Waals surface area (Å²) in [5, 5.41) is 0. The Labute approximate surface area is 95.4 Å².